The topological polar surface area (TPSA) is 76.8 Å². The molecule has 6 nitrogen and oxygen atoms in total. The Morgan fingerprint density at radius 2 is 2.14 bits per heavy atom. The zero-order valence-electron chi connectivity index (χ0n) is 12.1. The van der Waals surface area contributed by atoms with Gasteiger partial charge in [0.1, 0.15) is 5.75 Å². The summed E-state index contributed by atoms with van der Waals surface area (Å²) in [5.74, 6) is 2.14. The van der Waals surface area contributed by atoms with Crippen LogP contribution in [0.1, 0.15) is 25.6 Å². The van der Waals surface area contributed by atoms with Crippen molar-refractivity contribution in [1.82, 2.24) is 20.3 Å². The van der Waals surface area contributed by atoms with Gasteiger partial charge in [-0.3, -0.25) is 5.10 Å². The molecule has 3 rings (SSSR count). The monoisotopic (exact) mass is 284 g/mol. The predicted octanol–water partition coefficient (Wildman–Crippen LogP) is 3.26. The Morgan fingerprint density at radius 1 is 1.29 bits per heavy atom. The van der Waals surface area contributed by atoms with E-state index >= 15 is 0 Å². The molecule has 0 saturated heterocycles. The predicted molar refractivity (Wildman–Crippen MR) is 78.0 cm³/mol. The van der Waals surface area contributed by atoms with Gasteiger partial charge in [0, 0.05) is 11.5 Å². The van der Waals surface area contributed by atoms with Crippen molar-refractivity contribution in [2.45, 2.75) is 19.8 Å². The molecule has 2 aromatic heterocycles. The van der Waals surface area contributed by atoms with Crippen molar-refractivity contribution in [3.05, 3.63) is 36.3 Å². The maximum Gasteiger partial charge on any atom is 0.261 e. The number of H-pyrrole nitrogens is 1. The molecule has 108 valence electrons. The van der Waals surface area contributed by atoms with E-state index in [0.717, 1.165) is 22.6 Å². The highest BCUT2D eigenvalue weighted by Gasteiger charge is 2.17. The molecular formula is C15H16N4O2. The first-order valence-corrected chi connectivity index (χ1v) is 6.71. The molecule has 0 aliphatic rings. The lowest BCUT2D eigenvalue weighted by molar-refractivity contribution is 0.415. The fourth-order valence-corrected chi connectivity index (χ4v) is 2.03. The van der Waals surface area contributed by atoms with E-state index < -0.39 is 0 Å². The van der Waals surface area contributed by atoms with Crippen LogP contribution < -0.4 is 4.74 Å². The van der Waals surface area contributed by atoms with Gasteiger partial charge in [-0.2, -0.15) is 10.1 Å². The van der Waals surface area contributed by atoms with E-state index in [9.17, 15) is 0 Å². The molecule has 0 radical (unpaired) electrons. The maximum atomic E-state index is 5.34. The second kappa shape index (κ2) is 5.40. The van der Waals surface area contributed by atoms with Crippen LogP contribution in [-0.4, -0.2) is 27.4 Å². The molecule has 6 heteroatoms. The van der Waals surface area contributed by atoms with E-state index in [-0.39, 0.29) is 5.92 Å². The summed E-state index contributed by atoms with van der Waals surface area (Å²) in [6.07, 6.45) is 1.69. The maximum absolute atomic E-state index is 5.34. The Bertz CT molecular complexity index is 745. The zero-order chi connectivity index (χ0) is 14.8. The number of hydrogen-bond acceptors (Lipinski definition) is 5. The fourth-order valence-electron chi connectivity index (χ4n) is 2.03. The third-order valence-electron chi connectivity index (χ3n) is 3.19. The molecule has 0 amide bonds. The van der Waals surface area contributed by atoms with E-state index in [0.29, 0.717) is 11.7 Å². The van der Waals surface area contributed by atoms with Gasteiger partial charge in [0.25, 0.3) is 5.89 Å². The smallest absolute Gasteiger partial charge is 0.261 e. The third kappa shape index (κ3) is 2.52. The SMILES string of the molecule is COc1cccc(-c2[nH]ncc2-c2nc(C(C)C)no2)c1. The first-order chi connectivity index (χ1) is 10.2. The van der Waals surface area contributed by atoms with Crippen LogP contribution >= 0.6 is 0 Å². The first-order valence-electron chi connectivity index (χ1n) is 6.71. The van der Waals surface area contributed by atoms with E-state index in [1.54, 1.807) is 13.3 Å². The summed E-state index contributed by atoms with van der Waals surface area (Å²) in [5, 5.41) is 11.1. The van der Waals surface area contributed by atoms with Crippen LogP contribution in [0.5, 0.6) is 5.75 Å². The van der Waals surface area contributed by atoms with Gasteiger partial charge in [-0.1, -0.05) is 31.1 Å². The second-order valence-electron chi connectivity index (χ2n) is 5.00. The van der Waals surface area contributed by atoms with Gasteiger partial charge in [0.05, 0.1) is 24.6 Å². The van der Waals surface area contributed by atoms with Crippen LogP contribution in [0.15, 0.2) is 35.0 Å². The number of rotatable bonds is 4. The molecule has 1 N–H and O–H groups in total. The average molecular weight is 284 g/mol. The summed E-state index contributed by atoms with van der Waals surface area (Å²) in [5.41, 5.74) is 2.56. The summed E-state index contributed by atoms with van der Waals surface area (Å²) in [7, 11) is 1.64. The summed E-state index contributed by atoms with van der Waals surface area (Å²) in [6, 6.07) is 7.71. The van der Waals surface area contributed by atoms with Crippen LogP contribution in [-0.2, 0) is 0 Å². The number of ether oxygens (including phenoxy) is 1. The standard InChI is InChI=1S/C15H16N4O2/c1-9(2)14-17-15(21-19-14)12-8-16-18-13(12)10-5-4-6-11(7-10)20-3/h4-9H,1-3H3,(H,16,18). The molecule has 0 bridgehead atoms. The van der Waals surface area contributed by atoms with Crippen molar-refractivity contribution in [3.8, 4) is 28.5 Å². The lowest BCUT2D eigenvalue weighted by Gasteiger charge is -2.03. The highest BCUT2D eigenvalue weighted by molar-refractivity contribution is 5.76. The molecule has 0 spiro atoms. The molecule has 0 aliphatic carbocycles. The van der Waals surface area contributed by atoms with Gasteiger partial charge < -0.3 is 9.26 Å². The number of aromatic amines is 1. The van der Waals surface area contributed by atoms with E-state index in [2.05, 4.69) is 20.3 Å². The number of methoxy groups -OCH3 is 1. The van der Waals surface area contributed by atoms with Gasteiger partial charge in [-0.05, 0) is 12.1 Å². The highest BCUT2D eigenvalue weighted by Crippen LogP contribution is 2.31. The molecule has 3 aromatic rings. The van der Waals surface area contributed by atoms with Crippen LogP contribution in [0, 0.1) is 0 Å². The van der Waals surface area contributed by atoms with Gasteiger partial charge in [-0.15, -0.1) is 0 Å². The van der Waals surface area contributed by atoms with Crippen molar-refractivity contribution >= 4 is 0 Å². The van der Waals surface area contributed by atoms with E-state index in [1.165, 1.54) is 0 Å². The van der Waals surface area contributed by atoms with Gasteiger partial charge in [-0.25, -0.2) is 0 Å². The van der Waals surface area contributed by atoms with E-state index in [1.807, 2.05) is 38.1 Å². The van der Waals surface area contributed by atoms with Gasteiger partial charge in [0.2, 0.25) is 0 Å². The Hall–Kier alpha value is -2.63. The number of nitrogens with zero attached hydrogens (tertiary/aromatic N) is 3. The molecule has 0 saturated carbocycles. The lowest BCUT2D eigenvalue weighted by atomic mass is 10.1. The average Bonchev–Trinajstić information content (AvgIpc) is 3.15. The summed E-state index contributed by atoms with van der Waals surface area (Å²) >= 11 is 0. The van der Waals surface area contributed by atoms with Crippen molar-refractivity contribution in [3.63, 3.8) is 0 Å². The number of aromatic nitrogens is 4. The number of nitrogens with one attached hydrogen (secondary N) is 1. The van der Waals surface area contributed by atoms with Crippen molar-refractivity contribution in [1.29, 1.82) is 0 Å². The molecule has 21 heavy (non-hydrogen) atoms. The first kappa shape index (κ1) is 13.4. The second-order valence-corrected chi connectivity index (χ2v) is 5.00. The van der Waals surface area contributed by atoms with Gasteiger partial charge >= 0.3 is 0 Å². The summed E-state index contributed by atoms with van der Waals surface area (Å²) < 4.78 is 10.6. The lowest BCUT2D eigenvalue weighted by Crippen LogP contribution is -1.90. The van der Waals surface area contributed by atoms with Crippen LogP contribution in [0.25, 0.3) is 22.7 Å². The molecule has 1 aromatic carbocycles. The van der Waals surface area contributed by atoms with Crippen molar-refractivity contribution in [2.24, 2.45) is 0 Å². The van der Waals surface area contributed by atoms with Crippen LogP contribution in [0.3, 0.4) is 0 Å². The molecule has 0 unspecified atom stereocenters. The quantitative estimate of drug-likeness (QED) is 0.795. The van der Waals surface area contributed by atoms with Crippen molar-refractivity contribution < 1.29 is 9.26 Å². The third-order valence-corrected chi connectivity index (χ3v) is 3.19. The Morgan fingerprint density at radius 3 is 2.86 bits per heavy atom. The number of benzene rings is 1. The summed E-state index contributed by atoms with van der Waals surface area (Å²) in [4.78, 5) is 4.41. The minimum atomic E-state index is 0.217. The zero-order valence-corrected chi connectivity index (χ0v) is 12.1. The molecule has 0 atom stereocenters. The molecule has 0 fully saturated rings. The number of hydrogen-bond donors (Lipinski definition) is 1. The Labute approximate surface area is 122 Å². The highest BCUT2D eigenvalue weighted by atomic mass is 16.5. The minimum absolute atomic E-state index is 0.217. The van der Waals surface area contributed by atoms with Crippen molar-refractivity contribution in [2.75, 3.05) is 7.11 Å². The van der Waals surface area contributed by atoms with Gasteiger partial charge in [0.15, 0.2) is 5.82 Å². The van der Waals surface area contributed by atoms with E-state index in [4.69, 9.17) is 9.26 Å². The minimum Gasteiger partial charge on any atom is -0.497 e. The molecule has 2 heterocycles. The largest absolute Gasteiger partial charge is 0.497 e. The molecule has 0 aliphatic heterocycles. The molecular weight excluding hydrogens is 268 g/mol. The summed E-state index contributed by atoms with van der Waals surface area (Å²) in [6.45, 7) is 4.04. The van der Waals surface area contributed by atoms with Crippen LogP contribution in [0.4, 0.5) is 0 Å². The normalized spacial score (nSPS) is 11.0. The van der Waals surface area contributed by atoms with Crippen LogP contribution in [0.2, 0.25) is 0 Å². The fraction of sp³-hybridized carbons (Fsp3) is 0.267. The Balaban J connectivity index is 2.03. The Kier molecular flexibility index (Phi) is 3.43.